The summed E-state index contributed by atoms with van der Waals surface area (Å²) in [5.74, 6) is -0.533. The van der Waals surface area contributed by atoms with Crippen LogP contribution in [0.25, 0.3) is 0 Å². The molecule has 0 radical (unpaired) electrons. The van der Waals surface area contributed by atoms with Gasteiger partial charge in [-0.15, -0.1) is 20.4 Å². The molecule has 12 heterocycles. The largest absolute Gasteiger partial charge is 0.493 e. The lowest BCUT2D eigenvalue weighted by Gasteiger charge is -2.33. The van der Waals surface area contributed by atoms with Crippen LogP contribution in [-0.4, -0.2) is 244 Å². The number of hydrogen-bond donors (Lipinski definition) is 8. The Labute approximate surface area is 798 Å². The second-order valence-electron chi connectivity index (χ2n) is 35.1. The topological polar surface area (TPSA) is 602 Å². The third kappa shape index (κ3) is 25.3. The van der Waals surface area contributed by atoms with Gasteiger partial charge in [-0.05, 0) is 98.5 Å². The number of carbonyl (C=O) groups excluding carboxylic acids is 4. The van der Waals surface area contributed by atoms with Gasteiger partial charge in [0, 0.05) is 123 Å². The molecule has 16 rings (SSSR count). The van der Waals surface area contributed by atoms with E-state index in [0.29, 0.717) is 45.8 Å². The minimum atomic E-state index is -1.16. The minimum absolute atomic E-state index is 0.0515. The number of carbonyl (C=O) groups is 4. The van der Waals surface area contributed by atoms with Crippen LogP contribution < -0.4 is 63.9 Å². The highest BCUT2D eigenvalue weighted by Crippen LogP contribution is 2.36. The molecule has 4 fully saturated rings. The third-order valence-corrected chi connectivity index (χ3v) is 24.3. The van der Waals surface area contributed by atoms with Crippen LogP contribution in [0.2, 0.25) is 0 Å². The van der Waals surface area contributed by atoms with E-state index in [1.165, 1.54) is 70.8 Å². The van der Waals surface area contributed by atoms with Crippen LogP contribution in [0.15, 0.2) is 185 Å². The first-order chi connectivity index (χ1) is 68.0. The van der Waals surface area contributed by atoms with Crippen molar-refractivity contribution in [2.75, 3.05) is 52.9 Å². The van der Waals surface area contributed by atoms with E-state index in [0.717, 1.165) is 22.3 Å². The van der Waals surface area contributed by atoms with E-state index >= 15 is 0 Å². The van der Waals surface area contributed by atoms with E-state index in [2.05, 4.69) is 61.2 Å². The zero-order valence-corrected chi connectivity index (χ0v) is 77.0. The standard InChI is InChI=1S/C93H104N20O28/c1-53-33-110(89(126)94-85(53)122)77-29-69(73(45-114)134-77)138-81(118)25-13-61-41-106(102-98-61)37-57-5-17-65(18-6-57)130-49-93(50-131-66-19-7-58(8-20-66)38-107-42-62(99-103-107)14-26-82(119)139-70-30-78(135-74(70)46-115)111-34-54(2)86(123)95-90(111)127,51-132-67-21-9-59(10-22-67)39-108-43-63(100-104-108)15-27-83(120)140-71-31-79(136-75(71)47-116)112-35-55(3)87(124)96-91(112)128)52-133-68-23-11-60(12-24-68)40-109-44-64(101-105-109)16-28-84(121)141-72-32-80(137-76(72)48-117)113-36-56(4)88(125)97-92(113)129/h5-12,17-24,33-36,41-44,69-80,114-117H,13-16,25-32,37-40,45-52H2,1-4H3,(H,94,122,126)(H,95,123,127)(H,96,124,128)(H,97,125,129)/t69-,70-,71-,72-,73+,74+,75+,76+,77+,78+,79+,80+/m0/s1. The predicted octanol–water partition coefficient (Wildman–Crippen LogP) is 0.779. The number of aliphatic hydroxyl groups is 4. The number of nitrogens with zero attached hydrogens (tertiary/aromatic N) is 16. The molecule has 141 heavy (non-hydrogen) atoms. The van der Waals surface area contributed by atoms with Crippen molar-refractivity contribution in [3.05, 3.63) is 297 Å². The third-order valence-electron chi connectivity index (χ3n) is 24.3. The fraction of sp³-hybridized carbons (Fsp3) is 0.441. The number of aromatic amines is 4. The lowest BCUT2D eigenvalue weighted by atomic mass is 9.92. The molecule has 0 bridgehead atoms. The molecule has 0 spiro atoms. The van der Waals surface area contributed by atoms with E-state index in [1.54, 1.807) is 92.0 Å². The summed E-state index contributed by atoms with van der Waals surface area (Å²) in [6.07, 6.45) is 1.88. The average molecular weight is 1950 g/mol. The number of aromatic nitrogens is 20. The maximum Gasteiger partial charge on any atom is 0.330 e. The number of esters is 4. The average Bonchev–Trinajstić information content (AvgIpc) is 1.68. The second-order valence-corrected chi connectivity index (χ2v) is 35.1. The maximum absolute atomic E-state index is 13.3. The molecule has 0 aliphatic carbocycles. The van der Waals surface area contributed by atoms with Gasteiger partial charge >= 0.3 is 46.6 Å². The maximum atomic E-state index is 13.3. The number of aryl methyl sites for hydroxylation is 8. The van der Waals surface area contributed by atoms with Gasteiger partial charge in [0.05, 0.1) is 101 Å². The van der Waals surface area contributed by atoms with Crippen molar-refractivity contribution in [3.8, 4) is 23.0 Å². The van der Waals surface area contributed by atoms with Gasteiger partial charge in [-0.1, -0.05) is 69.4 Å². The van der Waals surface area contributed by atoms with Gasteiger partial charge < -0.3 is 77.3 Å². The molecule has 4 aliphatic heterocycles. The smallest absolute Gasteiger partial charge is 0.330 e. The predicted molar refractivity (Wildman–Crippen MR) is 486 cm³/mol. The highest BCUT2D eigenvalue weighted by atomic mass is 16.6. The van der Waals surface area contributed by atoms with Crippen molar-refractivity contribution in [1.82, 2.24) is 98.2 Å². The molecule has 4 saturated heterocycles. The normalized spacial score (nSPS) is 20.0. The van der Waals surface area contributed by atoms with E-state index in [-0.39, 0.29) is 152 Å². The molecule has 8 aromatic heterocycles. The summed E-state index contributed by atoms with van der Waals surface area (Å²) >= 11 is 0. The SMILES string of the molecule is Cc1cn([C@H]2C[C@H](OC(=O)CCc3cn(Cc4ccc(OCC(COc5ccc(Cn6cc(CCC(=O)O[C@H]7C[C@H](n8cc(C)c(=O)[nH]c8=O)O[C@@H]7CO)nn6)cc5)(COc5ccc(Cn6cc(CCC(=O)O[C@H]7C[C@H](n8cc(C)c(=O)[nH]c8=O)O[C@@H]7CO)nn6)cc5)COc5ccc(Cn6cc(CCC(=O)O[C@H]7C[C@H](n8cc(C)c(=O)[nH]c8=O)O[C@@H]7CO)nn6)cc5)cc4)nn3)[C@@H](CO)O2)c(=O)[nH]c1=O. The van der Waals surface area contributed by atoms with Crippen molar-refractivity contribution in [2.45, 2.75) is 205 Å². The summed E-state index contributed by atoms with van der Waals surface area (Å²) in [4.78, 5) is 161. The molecular formula is C93H104N20O28. The summed E-state index contributed by atoms with van der Waals surface area (Å²) in [5, 5.41) is 74.9. The molecule has 4 aromatic carbocycles. The fourth-order valence-electron chi connectivity index (χ4n) is 16.5. The Morgan fingerprint density at radius 2 is 0.532 bits per heavy atom. The monoisotopic (exact) mass is 1950 g/mol. The first kappa shape index (κ1) is 98.9. The quantitative estimate of drug-likeness (QED) is 0.0193. The molecule has 48 nitrogen and oxygen atoms in total. The van der Waals surface area contributed by atoms with Gasteiger partial charge in [-0.2, -0.15) is 0 Å². The highest BCUT2D eigenvalue weighted by Gasteiger charge is 2.44. The summed E-state index contributed by atoms with van der Waals surface area (Å²) < 4.78 is 84.7. The first-order valence-electron chi connectivity index (χ1n) is 45.6. The Balaban J connectivity index is 0.592. The van der Waals surface area contributed by atoms with Crippen LogP contribution in [0.1, 0.15) is 144 Å². The van der Waals surface area contributed by atoms with Gasteiger partial charge in [-0.3, -0.25) is 76.6 Å². The van der Waals surface area contributed by atoms with Gasteiger partial charge in [-0.25, -0.2) is 37.9 Å². The Morgan fingerprint density at radius 1 is 0.326 bits per heavy atom. The van der Waals surface area contributed by atoms with Gasteiger partial charge in [0.15, 0.2) is 0 Å². The number of ether oxygens (including phenoxy) is 12. The van der Waals surface area contributed by atoms with Crippen LogP contribution >= 0.6 is 0 Å². The zero-order valence-electron chi connectivity index (χ0n) is 77.0. The minimum Gasteiger partial charge on any atom is -0.493 e. The summed E-state index contributed by atoms with van der Waals surface area (Å²) in [6.45, 7) is 4.99. The summed E-state index contributed by atoms with van der Waals surface area (Å²) in [5.41, 5.74) is 0.130. The summed E-state index contributed by atoms with van der Waals surface area (Å²) in [7, 11) is 0. The van der Waals surface area contributed by atoms with E-state index in [1.807, 2.05) is 48.5 Å². The number of benzene rings is 4. The van der Waals surface area contributed by atoms with Crippen molar-refractivity contribution in [2.24, 2.45) is 5.41 Å². The zero-order chi connectivity index (χ0) is 99.1. The van der Waals surface area contributed by atoms with Crippen LogP contribution in [-0.2, 0) is 109 Å². The number of hydrogen-bond acceptors (Lipinski definition) is 36. The molecule has 12 atom stereocenters. The molecule has 0 amide bonds. The number of nitrogens with one attached hydrogen (secondary N) is 4. The van der Waals surface area contributed by atoms with E-state index in [4.69, 9.17) is 56.8 Å². The van der Waals surface area contributed by atoms with Crippen LogP contribution in [0.4, 0.5) is 0 Å². The molecule has 48 heteroatoms. The van der Waals surface area contributed by atoms with E-state index < -0.39 is 174 Å². The van der Waals surface area contributed by atoms with Crippen molar-refractivity contribution < 1.29 is 96.4 Å². The van der Waals surface area contributed by atoms with Gasteiger partial charge in [0.25, 0.3) is 22.2 Å². The fourth-order valence-corrected chi connectivity index (χ4v) is 16.5. The van der Waals surface area contributed by atoms with Crippen LogP contribution in [0.3, 0.4) is 0 Å². The Bertz CT molecular complexity index is 6100. The number of H-pyrrole nitrogens is 4. The van der Waals surface area contributed by atoms with E-state index in [9.17, 15) is 78.0 Å². The second kappa shape index (κ2) is 44.8. The van der Waals surface area contributed by atoms with Gasteiger partial charge in [0.2, 0.25) is 0 Å². The molecule has 744 valence electrons. The lowest BCUT2D eigenvalue weighted by molar-refractivity contribution is -0.154. The molecule has 8 N–H and O–H groups in total. The summed E-state index contributed by atoms with van der Waals surface area (Å²) in [6, 6.07) is 29.3. The van der Waals surface area contributed by atoms with Gasteiger partial charge in [0.1, 0.15) is 129 Å². The molecule has 12 aromatic rings. The number of rotatable bonds is 44. The number of aliphatic hydroxyl groups excluding tert-OH is 4. The highest BCUT2D eigenvalue weighted by molar-refractivity contribution is 5.71. The molecule has 0 saturated carbocycles. The van der Waals surface area contributed by atoms with Crippen molar-refractivity contribution in [3.63, 3.8) is 0 Å². The van der Waals surface area contributed by atoms with Crippen LogP contribution in [0, 0.1) is 33.1 Å². The lowest BCUT2D eigenvalue weighted by Crippen LogP contribution is -2.45. The Morgan fingerprint density at radius 3 is 0.730 bits per heavy atom. The molecule has 4 aliphatic rings. The Hall–Kier alpha value is -15.1. The molecule has 0 unspecified atom stereocenters. The molecular weight excluding hydrogens is 1850 g/mol. The van der Waals surface area contributed by atoms with Crippen molar-refractivity contribution >= 4 is 23.9 Å². The first-order valence-corrected chi connectivity index (χ1v) is 45.6. The van der Waals surface area contributed by atoms with Crippen LogP contribution in [0.5, 0.6) is 23.0 Å². The Kier molecular flexibility index (Phi) is 31.4. The van der Waals surface area contributed by atoms with Crippen molar-refractivity contribution in [1.29, 1.82) is 0 Å².